The Morgan fingerprint density at radius 1 is 0.844 bits per heavy atom. The van der Waals surface area contributed by atoms with E-state index in [0.717, 1.165) is 0 Å². The maximum atomic E-state index is 13.2. The van der Waals surface area contributed by atoms with E-state index in [9.17, 15) is 34.8 Å². The molecule has 32 heavy (non-hydrogen) atoms. The number of benzene rings is 1. The second-order valence-corrected chi connectivity index (χ2v) is 8.37. The third kappa shape index (κ3) is 5.32. The highest BCUT2D eigenvalue weighted by Gasteiger charge is 2.42. The highest BCUT2D eigenvalue weighted by atomic mass is 32.2. The number of hydrogen-bond donors (Lipinski definition) is 4. The molecular weight excluding hydrogens is 466 g/mol. The highest BCUT2D eigenvalue weighted by molar-refractivity contribution is 7.94. The Labute approximate surface area is 178 Å². The Kier molecular flexibility index (Phi) is 6.42. The minimum atomic E-state index is -4.96. The van der Waals surface area contributed by atoms with E-state index in [2.05, 4.69) is 15.5 Å². The number of halogens is 6. The molecule has 0 unspecified atom stereocenters. The van der Waals surface area contributed by atoms with Crippen LogP contribution < -0.4 is 20.5 Å². The normalized spacial score (nSPS) is 17.4. The largest absolute Gasteiger partial charge is 0.418 e. The summed E-state index contributed by atoms with van der Waals surface area (Å²) >= 11 is 0. The lowest BCUT2D eigenvalue weighted by Crippen LogP contribution is -2.21. The van der Waals surface area contributed by atoms with E-state index in [1.807, 2.05) is 0 Å². The van der Waals surface area contributed by atoms with Gasteiger partial charge in [0.25, 0.3) is 0 Å². The standard InChI is InChI=1S/C12H7F6N5O2S.C5H11N/c13-11(14,15)5-2-1-4(9-10(5)23-26(24,25)22-9)8-6(12(16,17)18)3-7(19)20-21-8;1-2-4-6-5-3-1/h1-3,22-23H,(H2,19,20);6H,1-5H2. The summed E-state index contributed by atoms with van der Waals surface area (Å²) in [5, 5.41) is 9.85. The van der Waals surface area contributed by atoms with Gasteiger partial charge in [0.2, 0.25) is 0 Å². The average molecular weight is 484 g/mol. The van der Waals surface area contributed by atoms with Crippen LogP contribution in [-0.2, 0) is 22.6 Å². The number of hydrogen-bond acceptors (Lipinski definition) is 6. The summed E-state index contributed by atoms with van der Waals surface area (Å²) < 4.78 is 105. The van der Waals surface area contributed by atoms with Crippen LogP contribution in [0.15, 0.2) is 18.2 Å². The molecule has 5 N–H and O–H groups in total. The van der Waals surface area contributed by atoms with Gasteiger partial charge in [-0.3, -0.25) is 9.44 Å². The molecule has 0 bridgehead atoms. The van der Waals surface area contributed by atoms with Crippen molar-refractivity contribution in [2.75, 3.05) is 28.3 Å². The molecule has 0 aliphatic carbocycles. The first-order chi connectivity index (χ1) is 14.8. The molecule has 2 aliphatic rings. The Hall–Kier alpha value is -2.81. The number of nitrogens with two attached hydrogens (primary N) is 1. The van der Waals surface area contributed by atoms with Crippen molar-refractivity contribution < 1.29 is 34.8 Å². The molecule has 2 aromatic rings. The summed E-state index contributed by atoms with van der Waals surface area (Å²) in [6, 6.07) is 1.57. The van der Waals surface area contributed by atoms with Gasteiger partial charge in [0, 0.05) is 5.56 Å². The first-order valence-corrected chi connectivity index (χ1v) is 10.7. The van der Waals surface area contributed by atoms with E-state index >= 15 is 0 Å². The van der Waals surface area contributed by atoms with Crippen molar-refractivity contribution in [3.63, 3.8) is 0 Å². The number of nitrogens with one attached hydrogen (secondary N) is 3. The molecule has 0 saturated carbocycles. The molecular formula is C17H18F6N6O2S. The van der Waals surface area contributed by atoms with Gasteiger partial charge in [-0.2, -0.15) is 34.8 Å². The molecule has 3 heterocycles. The van der Waals surface area contributed by atoms with Crippen molar-refractivity contribution in [1.82, 2.24) is 15.5 Å². The lowest BCUT2D eigenvalue weighted by molar-refractivity contribution is -0.138. The highest BCUT2D eigenvalue weighted by Crippen LogP contribution is 2.48. The minimum Gasteiger partial charge on any atom is -0.382 e. The Morgan fingerprint density at radius 2 is 1.44 bits per heavy atom. The third-order valence-electron chi connectivity index (χ3n) is 4.56. The minimum absolute atomic E-state index is 0.446. The zero-order chi connectivity index (χ0) is 23.7. The Bertz CT molecular complexity index is 1090. The molecule has 0 atom stereocenters. The van der Waals surface area contributed by atoms with E-state index in [1.54, 1.807) is 9.44 Å². The van der Waals surface area contributed by atoms with Crippen LogP contribution in [0.5, 0.6) is 0 Å². The monoisotopic (exact) mass is 484 g/mol. The van der Waals surface area contributed by atoms with Crippen LogP contribution in [0.2, 0.25) is 0 Å². The van der Waals surface area contributed by atoms with Crippen LogP contribution in [0, 0.1) is 0 Å². The molecule has 0 spiro atoms. The molecule has 2 aliphatic heterocycles. The number of anilines is 3. The van der Waals surface area contributed by atoms with Gasteiger partial charge >= 0.3 is 22.6 Å². The molecule has 1 aromatic carbocycles. The Morgan fingerprint density at radius 3 is 1.94 bits per heavy atom. The van der Waals surface area contributed by atoms with Gasteiger partial charge in [-0.05, 0) is 44.1 Å². The summed E-state index contributed by atoms with van der Waals surface area (Å²) in [6.45, 7) is 2.50. The zero-order valence-corrected chi connectivity index (χ0v) is 17.0. The van der Waals surface area contributed by atoms with Gasteiger partial charge < -0.3 is 11.1 Å². The summed E-state index contributed by atoms with van der Waals surface area (Å²) in [6.07, 6.45) is -5.69. The van der Waals surface area contributed by atoms with Crippen LogP contribution in [-0.4, -0.2) is 31.7 Å². The predicted octanol–water partition coefficient (Wildman–Crippen LogP) is 3.61. The van der Waals surface area contributed by atoms with E-state index in [0.29, 0.717) is 18.2 Å². The molecule has 4 rings (SSSR count). The maximum Gasteiger partial charge on any atom is 0.418 e. The van der Waals surface area contributed by atoms with Gasteiger partial charge in [0.15, 0.2) is 0 Å². The fourth-order valence-corrected chi connectivity index (χ4v) is 4.18. The smallest absolute Gasteiger partial charge is 0.382 e. The molecule has 0 amide bonds. The number of aromatic nitrogens is 2. The summed E-state index contributed by atoms with van der Waals surface area (Å²) in [7, 11) is -4.43. The van der Waals surface area contributed by atoms with Gasteiger partial charge in [0.05, 0.1) is 22.5 Å². The van der Waals surface area contributed by atoms with E-state index in [-0.39, 0.29) is 0 Å². The molecule has 8 nitrogen and oxygen atoms in total. The molecule has 176 valence electrons. The summed E-state index contributed by atoms with van der Waals surface area (Å²) in [5.74, 6) is -0.566. The quantitative estimate of drug-likeness (QED) is 0.459. The summed E-state index contributed by atoms with van der Waals surface area (Å²) in [4.78, 5) is 0. The topological polar surface area (TPSA) is 122 Å². The average Bonchev–Trinajstić information content (AvgIpc) is 3.02. The number of nitrogens with zero attached hydrogens (tertiary/aromatic N) is 2. The van der Waals surface area contributed by atoms with Crippen LogP contribution in [0.1, 0.15) is 30.4 Å². The van der Waals surface area contributed by atoms with Crippen molar-refractivity contribution in [3.05, 3.63) is 29.3 Å². The fraction of sp³-hybridized carbons (Fsp3) is 0.412. The first-order valence-electron chi connectivity index (χ1n) is 9.26. The predicted molar refractivity (Wildman–Crippen MR) is 105 cm³/mol. The maximum absolute atomic E-state index is 13.2. The molecule has 0 radical (unpaired) electrons. The Balaban J connectivity index is 0.000000416. The van der Waals surface area contributed by atoms with Gasteiger partial charge in [-0.25, -0.2) is 0 Å². The molecule has 15 heteroatoms. The van der Waals surface area contributed by atoms with Crippen LogP contribution >= 0.6 is 0 Å². The number of alkyl halides is 6. The van der Waals surface area contributed by atoms with Crippen molar-refractivity contribution in [2.45, 2.75) is 31.6 Å². The zero-order valence-electron chi connectivity index (χ0n) is 16.2. The van der Waals surface area contributed by atoms with Crippen LogP contribution in [0.25, 0.3) is 11.3 Å². The van der Waals surface area contributed by atoms with Crippen molar-refractivity contribution in [2.24, 2.45) is 0 Å². The second kappa shape index (κ2) is 8.61. The molecule has 1 fully saturated rings. The number of fused-ring (bicyclic) bond motifs is 1. The molecule has 1 saturated heterocycles. The van der Waals surface area contributed by atoms with Gasteiger partial charge in [-0.1, -0.05) is 6.42 Å². The second-order valence-electron chi connectivity index (χ2n) is 6.96. The third-order valence-corrected chi connectivity index (χ3v) is 5.51. The summed E-state index contributed by atoms with van der Waals surface area (Å²) in [5.41, 5.74) is -0.617. The fourth-order valence-electron chi connectivity index (χ4n) is 3.17. The van der Waals surface area contributed by atoms with E-state index < -0.39 is 62.1 Å². The first kappa shape index (κ1) is 23.8. The lowest BCUT2D eigenvalue weighted by Gasteiger charge is -2.16. The van der Waals surface area contributed by atoms with Gasteiger partial charge in [-0.15, -0.1) is 10.2 Å². The van der Waals surface area contributed by atoms with Crippen molar-refractivity contribution in [3.8, 4) is 11.3 Å². The van der Waals surface area contributed by atoms with E-state index in [1.165, 1.54) is 32.4 Å². The van der Waals surface area contributed by atoms with Gasteiger partial charge in [0.1, 0.15) is 11.5 Å². The van der Waals surface area contributed by atoms with E-state index in [4.69, 9.17) is 5.73 Å². The van der Waals surface area contributed by atoms with Crippen molar-refractivity contribution >= 4 is 27.4 Å². The van der Waals surface area contributed by atoms with Crippen molar-refractivity contribution in [1.29, 1.82) is 0 Å². The number of rotatable bonds is 1. The number of nitrogen functional groups attached to an aromatic ring is 1. The molecule has 1 aromatic heterocycles. The van der Waals surface area contributed by atoms with Crippen LogP contribution in [0.4, 0.5) is 43.5 Å². The number of piperidine rings is 1. The SMILES string of the molecule is C1CCNCC1.Nc1cc(C(F)(F)F)c(-c2ccc(C(F)(F)F)c3c2NS(=O)(=O)N3)nn1. The lowest BCUT2D eigenvalue weighted by atomic mass is 10.00. The van der Waals surface area contributed by atoms with Crippen LogP contribution in [0.3, 0.4) is 0 Å².